The molecule has 0 saturated carbocycles. The lowest BCUT2D eigenvalue weighted by Gasteiger charge is -2.32. The average Bonchev–Trinajstić information content (AvgIpc) is 3.14. The molecule has 2 aliphatic rings. The van der Waals surface area contributed by atoms with E-state index in [-0.39, 0.29) is 6.10 Å². The third-order valence-electron chi connectivity index (χ3n) is 5.11. The zero-order valence-corrected chi connectivity index (χ0v) is 16.9. The van der Waals surface area contributed by atoms with Crippen molar-refractivity contribution >= 4 is 11.8 Å². The summed E-state index contributed by atoms with van der Waals surface area (Å²) in [5.41, 5.74) is 1.18. The van der Waals surface area contributed by atoms with Gasteiger partial charge in [0.25, 0.3) is 0 Å². The van der Waals surface area contributed by atoms with E-state index in [4.69, 9.17) is 14.5 Å². The molecule has 2 aliphatic heterocycles. The van der Waals surface area contributed by atoms with Gasteiger partial charge in [-0.2, -0.15) is 0 Å². The zero-order chi connectivity index (χ0) is 19.1. The van der Waals surface area contributed by atoms with Gasteiger partial charge in [0.1, 0.15) is 5.82 Å². The molecule has 1 N–H and O–H groups in total. The highest BCUT2D eigenvalue weighted by Crippen LogP contribution is 2.18. The summed E-state index contributed by atoms with van der Waals surface area (Å²) < 4.78 is 10.9. The molecule has 0 bridgehead atoms. The maximum absolute atomic E-state index is 5.63. The fraction of sp³-hybridized carbons (Fsp3) is 0.700. The Balaban J connectivity index is 1.64. The molecule has 2 fully saturated rings. The minimum atomic E-state index is 0.248. The molecule has 3 heterocycles. The number of aliphatic imine (C=N–C) groups is 1. The Kier molecular flexibility index (Phi) is 7.29. The van der Waals surface area contributed by atoms with E-state index in [9.17, 15) is 0 Å². The van der Waals surface area contributed by atoms with E-state index in [2.05, 4.69) is 46.1 Å². The molecule has 7 heteroatoms. The lowest BCUT2D eigenvalue weighted by Crippen LogP contribution is -2.41. The fourth-order valence-electron chi connectivity index (χ4n) is 3.75. The van der Waals surface area contributed by atoms with Crippen LogP contribution in [-0.4, -0.2) is 75.0 Å². The summed E-state index contributed by atoms with van der Waals surface area (Å²) in [5, 5.41) is 3.43. The standard InChI is InChI=1S/C20H33N5O2/c1-4-21-20(25-8-6-18(14-25)15-26-3)23-12-17-5-7-22-19(11-17)24-9-10-27-16(2)13-24/h5,7,11,16,18H,4,6,8-10,12-15H2,1-3H3,(H,21,23). The Morgan fingerprint density at radius 2 is 2.30 bits per heavy atom. The molecule has 7 nitrogen and oxygen atoms in total. The zero-order valence-electron chi connectivity index (χ0n) is 16.9. The van der Waals surface area contributed by atoms with Crippen LogP contribution in [-0.2, 0) is 16.0 Å². The molecular formula is C20H33N5O2. The van der Waals surface area contributed by atoms with E-state index in [1.807, 2.05) is 6.20 Å². The van der Waals surface area contributed by atoms with Crippen LogP contribution in [0.15, 0.2) is 23.3 Å². The van der Waals surface area contributed by atoms with Gasteiger partial charge in [-0.05, 0) is 38.0 Å². The first-order valence-electron chi connectivity index (χ1n) is 10.0. The van der Waals surface area contributed by atoms with Crippen LogP contribution in [0.3, 0.4) is 0 Å². The number of morpholine rings is 1. The van der Waals surface area contributed by atoms with Crippen molar-refractivity contribution in [3.63, 3.8) is 0 Å². The predicted octanol–water partition coefficient (Wildman–Crippen LogP) is 1.74. The molecule has 0 amide bonds. The molecule has 2 unspecified atom stereocenters. The van der Waals surface area contributed by atoms with E-state index >= 15 is 0 Å². The van der Waals surface area contributed by atoms with Crippen molar-refractivity contribution in [2.24, 2.45) is 10.9 Å². The Hall–Kier alpha value is -1.86. The third-order valence-corrected chi connectivity index (χ3v) is 5.11. The number of methoxy groups -OCH3 is 1. The normalized spacial score (nSPS) is 23.7. The van der Waals surface area contributed by atoms with Crippen LogP contribution >= 0.6 is 0 Å². The van der Waals surface area contributed by atoms with Crippen LogP contribution in [0.5, 0.6) is 0 Å². The summed E-state index contributed by atoms with van der Waals surface area (Å²) in [5.74, 6) is 2.60. The first kappa shape index (κ1) is 19.9. The Bertz CT molecular complexity index is 624. The largest absolute Gasteiger partial charge is 0.384 e. The van der Waals surface area contributed by atoms with Gasteiger partial charge in [0, 0.05) is 51.9 Å². The smallest absolute Gasteiger partial charge is 0.194 e. The molecule has 27 heavy (non-hydrogen) atoms. The maximum Gasteiger partial charge on any atom is 0.194 e. The summed E-state index contributed by atoms with van der Waals surface area (Å²) >= 11 is 0. The Labute approximate surface area is 162 Å². The first-order chi connectivity index (χ1) is 13.2. The van der Waals surface area contributed by atoms with Gasteiger partial charge in [-0.15, -0.1) is 0 Å². The van der Waals surface area contributed by atoms with Crippen LogP contribution in [0.4, 0.5) is 5.82 Å². The second-order valence-corrected chi connectivity index (χ2v) is 7.38. The summed E-state index contributed by atoms with van der Waals surface area (Å²) in [4.78, 5) is 14.1. The lowest BCUT2D eigenvalue weighted by atomic mass is 10.1. The number of hydrogen-bond donors (Lipinski definition) is 1. The quantitative estimate of drug-likeness (QED) is 0.604. The number of guanidine groups is 1. The number of ether oxygens (including phenoxy) is 2. The monoisotopic (exact) mass is 375 g/mol. The second kappa shape index (κ2) is 9.90. The van der Waals surface area contributed by atoms with Crippen LogP contribution < -0.4 is 10.2 Å². The van der Waals surface area contributed by atoms with Crippen molar-refractivity contribution in [3.05, 3.63) is 23.9 Å². The van der Waals surface area contributed by atoms with Gasteiger partial charge in [-0.25, -0.2) is 9.98 Å². The number of pyridine rings is 1. The molecule has 0 aromatic carbocycles. The molecule has 2 atom stereocenters. The molecule has 0 spiro atoms. The topological polar surface area (TPSA) is 62.2 Å². The van der Waals surface area contributed by atoms with Gasteiger partial charge in [-0.3, -0.25) is 0 Å². The molecular weight excluding hydrogens is 342 g/mol. The lowest BCUT2D eigenvalue weighted by molar-refractivity contribution is 0.0529. The number of likely N-dealkylation sites (tertiary alicyclic amines) is 1. The van der Waals surface area contributed by atoms with Crippen molar-refractivity contribution in [1.82, 2.24) is 15.2 Å². The molecule has 1 aromatic rings. The molecule has 3 rings (SSSR count). The van der Waals surface area contributed by atoms with Gasteiger partial charge in [0.05, 0.1) is 25.9 Å². The van der Waals surface area contributed by atoms with E-state index in [0.717, 1.165) is 64.1 Å². The number of rotatable bonds is 6. The van der Waals surface area contributed by atoms with Crippen LogP contribution in [0.2, 0.25) is 0 Å². The number of hydrogen-bond acceptors (Lipinski definition) is 5. The van der Waals surface area contributed by atoms with Crippen molar-refractivity contribution in [1.29, 1.82) is 0 Å². The van der Waals surface area contributed by atoms with E-state index in [1.54, 1.807) is 7.11 Å². The van der Waals surface area contributed by atoms with E-state index in [0.29, 0.717) is 12.5 Å². The minimum Gasteiger partial charge on any atom is -0.384 e. The molecule has 0 aliphatic carbocycles. The number of nitrogens with one attached hydrogen (secondary N) is 1. The molecule has 1 aromatic heterocycles. The van der Waals surface area contributed by atoms with Crippen molar-refractivity contribution < 1.29 is 9.47 Å². The third kappa shape index (κ3) is 5.56. The van der Waals surface area contributed by atoms with Crippen molar-refractivity contribution in [2.75, 3.05) is 57.9 Å². The van der Waals surface area contributed by atoms with Gasteiger partial charge < -0.3 is 24.6 Å². The average molecular weight is 376 g/mol. The number of aromatic nitrogens is 1. The molecule has 0 radical (unpaired) electrons. The second-order valence-electron chi connectivity index (χ2n) is 7.38. The SMILES string of the molecule is CCNC(=NCc1ccnc(N2CCOC(C)C2)c1)N1CCC(COC)C1. The first-order valence-corrected chi connectivity index (χ1v) is 10.0. The molecule has 2 saturated heterocycles. The number of nitrogens with zero attached hydrogens (tertiary/aromatic N) is 4. The van der Waals surface area contributed by atoms with Gasteiger partial charge in [0.2, 0.25) is 0 Å². The summed E-state index contributed by atoms with van der Waals surface area (Å²) in [7, 11) is 1.78. The summed E-state index contributed by atoms with van der Waals surface area (Å²) in [6.07, 6.45) is 3.29. The van der Waals surface area contributed by atoms with E-state index in [1.165, 1.54) is 5.56 Å². The van der Waals surface area contributed by atoms with Crippen LogP contribution in [0, 0.1) is 5.92 Å². The fourth-order valence-corrected chi connectivity index (χ4v) is 3.75. The van der Waals surface area contributed by atoms with Gasteiger partial charge >= 0.3 is 0 Å². The Morgan fingerprint density at radius 1 is 1.41 bits per heavy atom. The van der Waals surface area contributed by atoms with Crippen molar-refractivity contribution in [3.8, 4) is 0 Å². The van der Waals surface area contributed by atoms with Crippen molar-refractivity contribution in [2.45, 2.75) is 32.9 Å². The van der Waals surface area contributed by atoms with Crippen LogP contribution in [0.25, 0.3) is 0 Å². The predicted molar refractivity (Wildman–Crippen MR) is 108 cm³/mol. The highest BCUT2D eigenvalue weighted by molar-refractivity contribution is 5.80. The van der Waals surface area contributed by atoms with Gasteiger partial charge in [0.15, 0.2) is 5.96 Å². The minimum absolute atomic E-state index is 0.248. The van der Waals surface area contributed by atoms with E-state index < -0.39 is 0 Å². The highest BCUT2D eigenvalue weighted by atomic mass is 16.5. The number of anilines is 1. The maximum atomic E-state index is 5.63. The van der Waals surface area contributed by atoms with Gasteiger partial charge in [-0.1, -0.05) is 0 Å². The highest BCUT2D eigenvalue weighted by Gasteiger charge is 2.24. The van der Waals surface area contributed by atoms with Crippen LogP contribution in [0.1, 0.15) is 25.8 Å². The summed E-state index contributed by atoms with van der Waals surface area (Å²) in [6.45, 7) is 11.1. The molecule has 150 valence electrons. The Morgan fingerprint density at radius 3 is 3.07 bits per heavy atom. The summed E-state index contributed by atoms with van der Waals surface area (Å²) in [6, 6.07) is 4.21.